The van der Waals surface area contributed by atoms with Crippen LogP contribution in [-0.4, -0.2) is 36.7 Å². The van der Waals surface area contributed by atoms with Gasteiger partial charge < -0.3 is 19.8 Å². The molecule has 1 fully saturated rings. The first-order valence-electron chi connectivity index (χ1n) is 9.21. The number of carbonyl (C=O) groups is 1. The lowest BCUT2D eigenvalue weighted by molar-refractivity contribution is -0.154. The fraction of sp³-hybridized carbons (Fsp3) is 0.684. The maximum atomic E-state index is 11.8. The fourth-order valence-electron chi connectivity index (χ4n) is 2.83. The molecular weight excluding hydrogens is 318 g/mol. The lowest BCUT2D eigenvalue weighted by atomic mass is 10.2. The number of nitrogens with one attached hydrogen (secondary N) is 2. The molecule has 0 saturated heterocycles. The number of carbonyl (C=O) groups excluding carboxylic acids is 1. The zero-order valence-corrected chi connectivity index (χ0v) is 15.6. The summed E-state index contributed by atoms with van der Waals surface area (Å²) in [5.74, 6) is 1.50. The van der Waals surface area contributed by atoms with Crippen molar-refractivity contribution >= 4 is 11.9 Å². The Labute approximate surface area is 150 Å². The van der Waals surface area contributed by atoms with Crippen molar-refractivity contribution in [2.45, 2.75) is 70.9 Å². The molecule has 1 heterocycles. The van der Waals surface area contributed by atoms with Crippen LogP contribution < -0.4 is 10.6 Å². The third kappa shape index (κ3) is 8.09. The van der Waals surface area contributed by atoms with Gasteiger partial charge in [0.1, 0.15) is 11.4 Å². The molecular formula is C19H31N3O3. The van der Waals surface area contributed by atoms with Crippen LogP contribution >= 0.6 is 0 Å². The lowest BCUT2D eigenvalue weighted by Gasteiger charge is -2.19. The minimum absolute atomic E-state index is 0.216. The van der Waals surface area contributed by atoms with Gasteiger partial charge in [-0.3, -0.25) is 9.79 Å². The maximum Gasteiger partial charge on any atom is 0.308 e. The number of esters is 1. The molecule has 25 heavy (non-hydrogen) atoms. The summed E-state index contributed by atoms with van der Waals surface area (Å²) in [6.45, 7) is 6.77. The molecule has 0 aliphatic heterocycles. The molecule has 2 N–H and O–H groups in total. The third-order valence-electron chi connectivity index (χ3n) is 3.95. The summed E-state index contributed by atoms with van der Waals surface area (Å²) in [6, 6.07) is 4.32. The molecule has 1 saturated carbocycles. The Morgan fingerprint density at radius 3 is 2.76 bits per heavy atom. The van der Waals surface area contributed by atoms with Crippen LogP contribution in [0.15, 0.2) is 27.8 Å². The van der Waals surface area contributed by atoms with Crippen LogP contribution in [-0.2, 0) is 16.0 Å². The number of guanidine groups is 1. The van der Waals surface area contributed by atoms with E-state index in [-0.39, 0.29) is 12.4 Å². The zero-order valence-electron chi connectivity index (χ0n) is 15.6. The van der Waals surface area contributed by atoms with Crippen LogP contribution in [0.1, 0.15) is 58.6 Å². The molecule has 6 heteroatoms. The van der Waals surface area contributed by atoms with E-state index in [4.69, 9.17) is 9.15 Å². The standard InChI is InChI=1S/C19H31N3O3/c1-19(2,3)25-17(23)11-13-21-18(22-15-7-4-5-8-15)20-12-10-16-9-6-14-24-16/h6,9,14-15H,4-5,7-8,10-13H2,1-3H3,(H2,20,21,22). The average molecular weight is 349 g/mol. The van der Waals surface area contributed by atoms with Gasteiger partial charge in [-0.05, 0) is 45.7 Å². The number of nitrogens with zero attached hydrogens (tertiary/aromatic N) is 1. The summed E-state index contributed by atoms with van der Waals surface area (Å²) >= 11 is 0. The third-order valence-corrected chi connectivity index (χ3v) is 3.95. The maximum absolute atomic E-state index is 11.8. The monoisotopic (exact) mass is 349 g/mol. The summed E-state index contributed by atoms with van der Waals surface area (Å²) in [6.07, 6.45) is 7.62. The molecule has 0 amide bonds. The second-order valence-electron chi connectivity index (χ2n) is 7.45. The molecule has 0 spiro atoms. The number of furan rings is 1. The van der Waals surface area contributed by atoms with Crippen molar-refractivity contribution in [1.29, 1.82) is 0 Å². The van der Waals surface area contributed by atoms with E-state index in [0.29, 0.717) is 12.6 Å². The summed E-state index contributed by atoms with van der Waals surface area (Å²) in [5, 5.41) is 6.81. The van der Waals surface area contributed by atoms with Gasteiger partial charge in [-0.2, -0.15) is 0 Å². The van der Waals surface area contributed by atoms with Gasteiger partial charge in [0, 0.05) is 19.0 Å². The van der Waals surface area contributed by atoms with E-state index >= 15 is 0 Å². The fourth-order valence-corrected chi connectivity index (χ4v) is 2.83. The Bertz CT molecular complexity index is 541. The smallest absolute Gasteiger partial charge is 0.308 e. The van der Waals surface area contributed by atoms with Crippen LogP contribution in [0.3, 0.4) is 0 Å². The largest absolute Gasteiger partial charge is 0.469 e. The molecule has 1 aromatic heterocycles. The first-order chi connectivity index (χ1) is 11.9. The van der Waals surface area contributed by atoms with Gasteiger partial charge in [-0.1, -0.05) is 12.8 Å². The Hall–Kier alpha value is -1.98. The Balaban J connectivity index is 1.80. The number of rotatable bonds is 7. The normalized spacial score (nSPS) is 16.0. The molecule has 0 bridgehead atoms. The van der Waals surface area contributed by atoms with E-state index in [0.717, 1.165) is 24.7 Å². The number of ether oxygens (including phenoxy) is 1. The highest BCUT2D eigenvalue weighted by molar-refractivity contribution is 5.80. The van der Waals surface area contributed by atoms with E-state index < -0.39 is 5.60 Å². The van der Waals surface area contributed by atoms with Crippen molar-refractivity contribution in [1.82, 2.24) is 10.6 Å². The van der Waals surface area contributed by atoms with Crippen molar-refractivity contribution in [2.75, 3.05) is 13.1 Å². The van der Waals surface area contributed by atoms with Gasteiger partial charge in [0.25, 0.3) is 0 Å². The number of hydrogen-bond acceptors (Lipinski definition) is 4. The molecule has 1 aromatic rings. The minimum atomic E-state index is -0.451. The van der Waals surface area contributed by atoms with Crippen molar-refractivity contribution in [3.8, 4) is 0 Å². The van der Waals surface area contributed by atoms with E-state index in [1.165, 1.54) is 25.7 Å². The van der Waals surface area contributed by atoms with Crippen LogP contribution in [0.25, 0.3) is 0 Å². The molecule has 1 aliphatic carbocycles. The van der Waals surface area contributed by atoms with E-state index in [1.807, 2.05) is 32.9 Å². The minimum Gasteiger partial charge on any atom is -0.469 e. The first-order valence-corrected chi connectivity index (χ1v) is 9.21. The highest BCUT2D eigenvalue weighted by Crippen LogP contribution is 2.17. The van der Waals surface area contributed by atoms with Crippen molar-refractivity contribution in [3.05, 3.63) is 24.2 Å². The molecule has 140 valence electrons. The zero-order chi connectivity index (χ0) is 18.1. The molecule has 0 aromatic carbocycles. The van der Waals surface area contributed by atoms with Gasteiger partial charge in [-0.25, -0.2) is 0 Å². The highest BCUT2D eigenvalue weighted by atomic mass is 16.6. The van der Waals surface area contributed by atoms with Gasteiger partial charge >= 0.3 is 5.97 Å². The van der Waals surface area contributed by atoms with Gasteiger partial charge in [0.05, 0.1) is 19.2 Å². The summed E-state index contributed by atoms with van der Waals surface area (Å²) in [4.78, 5) is 16.3. The van der Waals surface area contributed by atoms with Gasteiger partial charge in [0.2, 0.25) is 0 Å². The second-order valence-corrected chi connectivity index (χ2v) is 7.45. The molecule has 0 atom stereocenters. The SMILES string of the molecule is CC(C)(C)OC(=O)CCN=C(NCCc1ccco1)NC1CCCC1. The van der Waals surface area contributed by atoms with Crippen molar-refractivity contribution in [3.63, 3.8) is 0 Å². The number of aliphatic imine (C=N–C) groups is 1. The summed E-state index contributed by atoms with van der Waals surface area (Å²) < 4.78 is 10.7. The average Bonchev–Trinajstić information content (AvgIpc) is 3.18. The van der Waals surface area contributed by atoms with Crippen molar-refractivity contribution in [2.24, 2.45) is 4.99 Å². The van der Waals surface area contributed by atoms with Crippen LogP contribution in [0.2, 0.25) is 0 Å². The predicted octanol–water partition coefficient (Wildman–Crippen LogP) is 3.03. The Kier molecular flexibility index (Phi) is 7.34. The molecule has 0 unspecified atom stereocenters. The van der Waals surface area contributed by atoms with Gasteiger partial charge in [-0.15, -0.1) is 0 Å². The summed E-state index contributed by atoms with van der Waals surface area (Å²) in [5.41, 5.74) is -0.451. The molecule has 6 nitrogen and oxygen atoms in total. The van der Waals surface area contributed by atoms with Gasteiger partial charge in [0.15, 0.2) is 5.96 Å². The molecule has 0 radical (unpaired) electrons. The topological polar surface area (TPSA) is 75.9 Å². The quantitative estimate of drug-likeness (QED) is 0.449. The number of hydrogen-bond donors (Lipinski definition) is 2. The molecule has 1 aliphatic rings. The lowest BCUT2D eigenvalue weighted by Crippen LogP contribution is -2.43. The Morgan fingerprint density at radius 1 is 1.36 bits per heavy atom. The van der Waals surface area contributed by atoms with E-state index in [9.17, 15) is 4.79 Å². The summed E-state index contributed by atoms with van der Waals surface area (Å²) in [7, 11) is 0. The first kappa shape index (κ1) is 19.3. The van der Waals surface area contributed by atoms with Crippen LogP contribution in [0.4, 0.5) is 0 Å². The van der Waals surface area contributed by atoms with Crippen molar-refractivity contribution < 1.29 is 13.9 Å². The van der Waals surface area contributed by atoms with Crippen LogP contribution in [0, 0.1) is 0 Å². The highest BCUT2D eigenvalue weighted by Gasteiger charge is 2.17. The molecule has 2 rings (SSSR count). The van der Waals surface area contributed by atoms with Crippen LogP contribution in [0.5, 0.6) is 0 Å². The predicted molar refractivity (Wildman–Crippen MR) is 98.6 cm³/mol. The second kappa shape index (κ2) is 9.49. The Morgan fingerprint density at radius 2 is 2.12 bits per heavy atom. The van der Waals surface area contributed by atoms with E-state index in [2.05, 4.69) is 15.6 Å². The van der Waals surface area contributed by atoms with E-state index in [1.54, 1.807) is 6.26 Å².